The van der Waals surface area contributed by atoms with Gasteiger partial charge in [0, 0.05) is 23.0 Å². The van der Waals surface area contributed by atoms with Crippen LogP contribution < -0.4 is 5.32 Å². The Bertz CT molecular complexity index is 1140. The minimum Gasteiger partial charge on any atom is -0.508 e. The van der Waals surface area contributed by atoms with Gasteiger partial charge in [0.2, 0.25) is 0 Å². The number of benzene rings is 2. The third-order valence-corrected chi connectivity index (χ3v) is 4.43. The average molecular weight is 376 g/mol. The lowest BCUT2D eigenvalue weighted by Crippen LogP contribution is -2.30. The van der Waals surface area contributed by atoms with Gasteiger partial charge in [0.15, 0.2) is 0 Å². The number of aromatic nitrogens is 3. The van der Waals surface area contributed by atoms with Crippen molar-refractivity contribution in [2.75, 3.05) is 0 Å². The van der Waals surface area contributed by atoms with E-state index in [1.807, 2.05) is 30.3 Å². The number of hydrogen-bond acceptors (Lipinski definition) is 4. The first kappa shape index (κ1) is 17.7. The number of phenolic OH excluding ortho intramolecular Hbond substituents is 1. The summed E-state index contributed by atoms with van der Waals surface area (Å²) >= 11 is 0. The fraction of sp³-hybridized carbons (Fsp3) is 0.0952. The van der Waals surface area contributed by atoms with Crippen LogP contribution in [0.5, 0.6) is 5.75 Å². The van der Waals surface area contributed by atoms with Gasteiger partial charge in [-0.2, -0.15) is 0 Å². The molecule has 0 bridgehead atoms. The molecule has 2 heterocycles. The molecule has 2 aromatic heterocycles. The number of rotatable bonds is 4. The van der Waals surface area contributed by atoms with E-state index in [1.54, 1.807) is 13.1 Å². The van der Waals surface area contributed by atoms with Gasteiger partial charge < -0.3 is 15.4 Å². The third-order valence-electron chi connectivity index (χ3n) is 4.43. The fourth-order valence-corrected chi connectivity index (χ4v) is 3.11. The first-order chi connectivity index (χ1) is 13.5. The number of H-pyrrole nitrogens is 1. The van der Waals surface area contributed by atoms with Crippen molar-refractivity contribution in [3.8, 4) is 5.75 Å². The van der Waals surface area contributed by atoms with Crippen LogP contribution in [0.3, 0.4) is 0 Å². The highest BCUT2D eigenvalue weighted by Crippen LogP contribution is 2.31. The van der Waals surface area contributed by atoms with E-state index >= 15 is 0 Å². The van der Waals surface area contributed by atoms with E-state index in [4.69, 9.17) is 0 Å². The largest absolute Gasteiger partial charge is 0.508 e. The lowest BCUT2D eigenvalue weighted by molar-refractivity contribution is 0.0936. The summed E-state index contributed by atoms with van der Waals surface area (Å²) in [6, 6.07) is 12.3. The van der Waals surface area contributed by atoms with Crippen molar-refractivity contribution in [3.63, 3.8) is 0 Å². The number of carbonyl (C=O) groups excluding carboxylic acids is 1. The quantitative estimate of drug-likeness (QED) is 0.507. The molecule has 3 N–H and O–H groups in total. The number of carbonyl (C=O) groups is 1. The standard InChI is InChI=1S/C21H17FN4O2/c1-12-10-23-11-18(24-12)21(28)26-20(15-9-14(22)6-7-19(15)27)17-8-13-4-2-3-5-16(13)25-17/h2-11,20,25,27H,1H3,(H,26,28). The highest BCUT2D eigenvalue weighted by molar-refractivity contribution is 5.92. The van der Waals surface area contributed by atoms with Gasteiger partial charge in [-0.3, -0.25) is 9.78 Å². The Hall–Kier alpha value is -3.74. The normalized spacial score (nSPS) is 12.1. The summed E-state index contributed by atoms with van der Waals surface area (Å²) in [7, 11) is 0. The van der Waals surface area contributed by atoms with Crippen molar-refractivity contribution >= 4 is 16.8 Å². The van der Waals surface area contributed by atoms with Gasteiger partial charge in [0.05, 0.1) is 17.9 Å². The minimum atomic E-state index is -0.807. The number of para-hydroxylation sites is 1. The minimum absolute atomic E-state index is 0.124. The van der Waals surface area contributed by atoms with Crippen LogP contribution in [0.25, 0.3) is 10.9 Å². The second-order valence-electron chi connectivity index (χ2n) is 6.47. The fourth-order valence-electron chi connectivity index (χ4n) is 3.11. The molecule has 1 unspecified atom stereocenters. The van der Waals surface area contributed by atoms with Crippen molar-refractivity contribution in [1.29, 1.82) is 0 Å². The lowest BCUT2D eigenvalue weighted by Gasteiger charge is -2.19. The summed E-state index contributed by atoms with van der Waals surface area (Å²) in [6.45, 7) is 1.73. The number of fused-ring (bicyclic) bond motifs is 1. The van der Waals surface area contributed by atoms with Crippen molar-refractivity contribution in [1.82, 2.24) is 20.3 Å². The number of aromatic hydroxyl groups is 1. The zero-order valence-corrected chi connectivity index (χ0v) is 15.0. The van der Waals surface area contributed by atoms with Crippen molar-refractivity contribution in [3.05, 3.63) is 89.4 Å². The van der Waals surface area contributed by atoms with Crippen LogP contribution in [0, 0.1) is 12.7 Å². The van der Waals surface area contributed by atoms with Gasteiger partial charge >= 0.3 is 0 Å². The number of nitrogens with one attached hydrogen (secondary N) is 2. The zero-order chi connectivity index (χ0) is 19.7. The first-order valence-electron chi connectivity index (χ1n) is 8.67. The van der Waals surface area contributed by atoms with Crippen LogP contribution in [0.1, 0.15) is 33.5 Å². The van der Waals surface area contributed by atoms with Crippen LogP contribution >= 0.6 is 0 Å². The van der Waals surface area contributed by atoms with E-state index in [1.165, 1.54) is 18.3 Å². The predicted molar refractivity (Wildman–Crippen MR) is 102 cm³/mol. The lowest BCUT2D eigenvalue weighted by atomic mass is 10.0. The molecule has 4 rings (SSSR count). The monoisotopic (exact) mass is 376 g/mol. The molecule has 6 nitrogen and oxygen atoms in total. The highest BCUT2D eigenvalue weighted by Gasteiger charge is 2.24. The Morgan fingerprint density at radius 2 is 2.00 bits per heavy atom. The Labute approximate surface area is 160 Å². The van der Waals surface area contributed by atoms with Gasteiger partial charge in [-0.25, -0.2) is 9.37 Å². The van der Waals surface area contributed by atoms with E-state index < -0.39 is 17.8 Å². The van der Waals surface area contributed by atoms with Crippen molar-refractivity contribution in [2.45, 2.75) is 13.0 Å². The SMILES string of the molecule is Cc1cncc(C(=O)NC(c2cc3ccccc3[nH]2)c2cc(F)ccc2O)n1. The molecule has 0 saturated heterocycles. The van der Waals surface area contributed by atoms with Crippen LogP contribution in [-0.4, -0.2) is 26.0 Å². The molecular formula is C21H17FN4O2. The van der Waals surface area contributed by atoms with Crippen molar-refractivity contribution in [2.24, 2.45) is 0 Å². The van der Waals surface area contributed by atoms with Gasteiger partial charge in [0.25, 0.3) is 5.91 Å². The molecule has 1 atom stereocenters. The van der Waals surface area contributed by atoms with Crippen LogP contribution in [0.4, 0.5) is 4.39 Å². The van der Waals surface area contributed by atoms with Gasteiger partial charge in [-0.05, 0) is 42.6 Å². The van der Waals surface area contributed by atoms with Gasteiger partial charge in [-0.15, -0.1) is 0 Å². The second kappa shape index (κ2) is 7.11. The van der Waals surface area contributed by atoms with E-state index in [0.717, 1.165) is 17.0 Å². The maximum absolute atomic E-state index is 13.9. The summed E-state index contributed by atoms with van der Waals surface area (Å²) in [6.07, 6.45) is 2.90. The predicted octanol–water partition coefficient (Wildman–Crippen LogP) is 3.63. The molecule has 4 aromatic rings. The maximum atomic E-state index is 13.9. The maximum Gasteiger partial charge on any atom is 0.272 e. The third kappa shape index (κ3) is 3.42. The van der Waals surface area contributed by atoms with Crippen LogP contribution in [0.2, 0.25) is 0 Å². The molecule has 7 heteroatoms. The van der Waals surface area contributed by atoms with Gasteiger partial charge in [-0.1, -0.05) is 18.2 Å². The zero-order valence-electron chi connectivity index (χ0n) is 15.0. The molecule has 28 heavy (non-hydrogen) atoms. The van der Waals surface area contributed by atoms with Crippen LogP contribution in [-0.2, 0) is 0 Å². The number of aryl methyl sites for hydroxylation is 1. The number of phenols is 1. The summed E-state index contributed by atoms with van der Waals surface area (Å²) in [5, 5.41) is 14.1. The van der Waals surface area contributed by atoms with E-state index in [2.05, 4.69) is 20.3 Å². The highest BCUT2D eigenvalue weighted by atomic mass is 19.1. The molecule has 0 radical (unpaired) electrons. The molecule has 0 aliphatic carbocycles. The number of aromatic amines is 1. The van der Waals surface area contributed by atoms with Gasteiger partial charge in [0.1, 0.15) is 17.3 Å². The molecule has 0 saturated carbocycles. The average Bonchev–Trinajstić information content (AvgIpc) is 3.12. The summed E-state index contributed by atoms with van der Waals surface area (Å²) in [5.74, 6) is -1.12. The Kier molecular flexibility index (Phi) is 4.49. The molecule has 0 aliphatic rings. The molecule has 0 spiro atoms. The summed E-state index contributed by atoms with van der Waals surface area (Å²) in [4.78, 5) is 24.1. The number of hydrogen-bond donors (Lipinski definition) is 3. The summed E-state index contributed by atoms with van der Waals surface area (Å²) < 4.78 is 13.9. The first-order valence-corrected chi connectivity index (χ1v) is 8.67. The van der Waals surface area contributed by atoms with Crippen LogP contribution in [0.15, 0.2) is 60.9 Å². The number of halogens is 1. The van der Waals surface area contributed by atoms with Crippen molar-refractivity contribution < 1.29 is 14.3 Å². The molecule has 1 amide bonds. The number of amides is 1. The van der Waals surface area contributed by atoms with E-state index in [9.17, 15) is 14.3 Å². The molecule has 0 aliphatic heterocycles. The molecule has 2 aromatic carbocycles. The van der Waals surface area contributed by atoms with E-state index in [0.29, 0.717) is 11.4 Å². The smallest absolute Gasteiger partial charge is 0.272 e. The number of nitrogens with zero attached hydrogens (tertiary/aromatic N) is 2. The summed E-state index contributed by atoms with van der Waals surface area (Å²) in [5.41, 5.74) is 2.44. The molecule has 140 valence electrons. The Morgan fingerprint density at radius 3 is 2.79 bits per heavy atom. The molecule has 0 fully saturated rings. The topological polar surface area (TPSA) is 90.9 Å². The second-order valence-corrected chi connectivity index (χ2v) is 6.47. The Morgan fingerprint density at radius 1 is 1.18 bits per heavy atom. The molecular weight excluding hydrogens is 359 g/mol. The Balaban J connectivity index is 1.79. The van der Waals surface area contributed by atoms with E-state index in [-0.39, 0.29) is 17.0 Å².